The molecule has 3 heteroatoms. The van der Waals surface area contributed by atoms with Gasteiger partial charge in [0.05, 0.1) is 16.7 Å². The van der Waals surface area contributed by atoms with Gasteiger partial charge in [0.15, 0.2) is 0 Å². The summed E-state index contributed by atoms with van der Waals surface area (Å²) in [6, 6.07) is 31.8. The topological polar surface area (TPSA) is 4.93 Å². The van der Waals surface area contributed by atoms with Crippen LogP contribution in [0.5, 0.6) is 0 Å². The van der Waals surface area contributed by atoms with Crippen molar-refractivity contribution in [3.63, 3.8) is 0 Å². The maximum atomic E-state index is 6.62. The maximum absolute atomic E-state index is 6.62. The monoisotopic (exact) mass is 479 g/mol. The highest BCUT2D eigenvalue weighted by molar-refractivity contribution is 14.1. The van der Waals surface area contributed by atoms with E-state index in [2.05, 4.69) is 112 Å². The minimum atomic E-state index is 0.773. The average molecular weight is 480 g/mol. The molecule has 0 aliphatic rings. The van der Waals surface area contributed by atoms with Crippen molar-refractivity contribution < 1.29 is 0 Å². The lowest BCUT2D eigenvalue weighted by Crippen LogP contribution is -1.97. The summed E-state index contributed by atoms with van der Waals surface area (Å²) in [5, 5.41) is 3.29. The minimum Gasteiger partial charge on any atom is -0.309 e. The Morgan fingerprint density at radius 2 is 1.22 bits per heavy atom. The van der Waals surface area contributed by atoms with Crippen molar-refractivity contribution >= 4 is 56.0 Å². The van der Waals surface area contributed by atoms with Gasteiger partial charge in [0.25, 0.3) is 0 Å². The van der Waals surface area contributed by atoms with Crippen molar-refractivity contribution in [3.05, 3.63) is 99.6 Å². The van der Waals surface area contributed by atoms with E-state index in [9.17, 15) is 0 Å². The number of rotatable bonds is 2. The van der Waals surface area contributed by atoms with Crippen molar-refractivity contribution in [1.82, 2.24) is 4.57 Å². The molecule has 0 spiro atoms. The molecular weight excluding hydrogens is 465 g/mol. The van der Waals surface area contributed by atoms with Crippen LogP contribution in [0, 0.1) is 3.57 Å². The Bertz CT molecular complexity index is 1250. The Hall–Kier alpha value is -2.30. The quantitative estimate of drug-likeness (QED) is 0.229. The number of halogens is 2. The molecule has 0 saturated heterocycles. The highest BCUT2D eigenvalue weighted by Gasteiger charge is 2.15. The molecule has 0 aliphatic carbocycles. The van der Waals surface area contributed by atoms with Crippen LogP contribution in [0.4, 0.5) is 0 Å². The average Bonchev–Trinajstić information content (AvgIpc) is 3.03. The van der Waals surface area contributed by atoms with Gasteiger partial charge >= 0.3 is 0 Å². The minimum absolute atomic E-state index is 0.773. The van der Waals surface area contributed by atoms with Crippen LogP contribution in [0.2, 0.25) is 5.02 Å². The Labute approximate surface area is 176 Å². The number of hydrogen-bond acceptors (Lipinski definition) is 0. The summed E-state index contributed by atoms with van der Waals surface area (Å²) in [6.07, 6.45) is 0. The standard InChI is InChI=1S/C24H15ClIN/c25-21-15-16(26)13-14-17(21)18-7-1-4-10-22(18)27-23-11-5-2-8-19(23)20-9-3-6-12-24(20)27/h1-15H. The number of para-hydroxylation sites is 3. The molecule has 0 unspecified atom stereocenters. The van der Waals surface area contributed by atoms with E-state index in [1.807, 2.05) is 6.07 Å². The Morgan fingerprint density at radius 1 is 0.630 bits per heavy atom. The van der Waals surface area contributed by atoms with Gasteiger partial charge in [-0.2, -0.15) is 0 Å². The van der Waals surface area contributed by atoms with Crippen LogP contribution in [0.15, 0.2) is 91.0 Å². The molecule has 0 amide bonds. The molecule has 4 aromatic carbocycles. The molecule has 0 N–H and O–H groups in total. The van der Waals surface area contributed by atoms with Crippen LogP contribution in [0.3, 0.4) is 0 Å². The van der Waals surface area contributed by atoms with Crippen LogP contribution in [0.25, 0.3) is 38.6 Å². The largest absolute Gasteiger partial charge is 0.309 e. The lowest BCUT2D eigenvalue weighted by molar-refractivity contribution is 1.18. The van der Waals surface area contributed by atoms with Gasteiger partial charge in [0, 0.05) is 30.5 Å². The predicted molar refractivity (Wildman–Crippen MR) is 124 cm³/mol. The second kappa shape index (κ2) is 6.70. The lowest BCUT2D eigenvalue weighted by atomic mass is 10.0. The van der Waals surface area contributed by atoms with Crippen molar-refractivity contribution in [2.24, 2.45) is 0 Å². The molecule has 0 atom stereocenters. The van der Waals surface area contributed by atoms with E-state index in [-0.39, 0.29) is 0 Å². The summed E-state index contributed by atoms with van der Waals surface area (Å²) in [4.78, 5) is 0. The fourth-order valence-electron chi connectivity index (χ4n) is 3.79. The Balaban J connectivity index is 1.89. The molecule has 1 nitrogen and oxygen atoms in total. The highest BCUT2D eigenvalue weighted by atomic mass is 127. The zero-order chi connectivity index (χ0) is 18.4. The van der Waals surface area contributed by atoms with E-state index in [1.165, 1.54) is 21.8 Å². The van der Waals surface area contributed by atoms with Gasteiger partial charge in [0.2, 0.25) is 0 Å². The van der Waals surface area contributed by atoms with E-state index >= 15 is 0 Å². The summed E-state index contributed by atoms with van der Waals surface area (Å²) < 4.78 is 3.48. The predicted octanol–water partition coefficient (Wildman–Crippen LogP) is 7.71. The maximum Gasteiger partial charge on any atom is 0.0541 e. The summed E-state index contributed by atoms with van der Waals surface area (Å²) in [5.41, 5.74) is 5.72. The fourth-order valence-corrected chi connectivity index (χ4v) is 4.74. The lowest BCUT2D eigenvalue weighted by Gasteiger charge is -2.15. The molecule has 0 aliphatic heterocycles. The first-order valence-corrected chi connectivity index (χ1v) is 10.2. The molecule has 0 bridgehead atoms. The molecule has 5 aromatic rings. The fraction of sp³-hybridized carbons (Fsp3) is 0. The van der Waals surface area contributed by atoms with Gasteiger partial charge in [0.1, 0.15) is 0 Å². The number of hydrogen-bond donors (Lipinski definition) is 0. The molecule has 0 radical (unpaired) electrons. The van der Waals surface area contributed by atoms with Crippen LogP contribution in [0.1, 0.15) is 0 Å². The van der Waals surface area contributed by atoms with Gasteiger partial charge < -0.3 is 4.57 Å². The van der Waals surface area contributed by atoms with Crippen LogP contribution in [-0.2, 0) is 0 Å². The second-order valence-corrected chi connectivity index (χ2v) is 8.16. The van der Waals surface area contributed by atoms with Gasteiger partial charge in [-0.25, -0.2) is 0 Å². The first kappa shape index (κ1) is 16.8. The molecule has 0 saturated carbocycles. The summed E-state index contributed by atoms with van der Waals surface area (Å²) in [5.74, 6) is 0. The third kappa shape index (κ3) is 2.75. The summed E-state index contributed by atoms with van der Waals surface area (Å²) >= 11 is 8.91. The molecule has 27 heavy (non-hydrogen) atoms. The first-order chi connectivity index (χ1) is 13.2. The van der Waals surface area contributed by atoms with E-state index in [1.54, 1.807) is 0 Å². The van der Waals surface area contributed by atoms with Crippen LogP contribution >= 0.6 is 34.2 Å². The van der Waals surface area contributed by atoms with E-state index in [0.29, 0.717) is 0 Å². The number of nitrogens with zero attached hydrogens (tertiary/aromatic N) is 1. The van der Waals surface area contributed by atoms with E-state index < -0.39 is 0 Å². The Morgan fingerprint density at radius 3 is 1.89 bits per heavy atom. The SMILES string of the molecule is Clc1cc(I)ccc1-c1ccccc1-n1c2ccccc2c2ccccc21. The molecule has 130 valence electrons. The van der Waals surface area contributed by atoms with Gasteiger partial charge in [-0.3, -0.25) is 0 Å². The third-order valence-corrected chi connectivity index (χ3v) is 5.93. The number of fused-ring (bicyclic) bond motifs is 3. The number of aromatic nitrogens is 1. The molecular formula is C24H15ClIN. The summed E-state index contributed by atoms with van der Waals surface area (Å²) in [7, 11) is 0. The zero-order valence-electron chi connectivity index (χ0n) is 14.4. The molecule has 1 aromatic heterocycles. The first-order valence-electron chi connectivity index (χ1n) is 8.77. The zero-order valence-corrected chi connectivity index (χ0v) is 17.3. The number of benzene rings is 4. The van der Waals surface area contributed by atoms with Crippen molar-refractivity contribution in [2.45, 2.75) is 0 Å². The summed E-state index contributed by atoms with van der Waals surface area (Å²) in [6.45, 7) is 0. The molecule has 1 heterocycles. The van der Waals surface area contributed by atoms with Crippen molar-refractivity contribution in [2.75, 3.05) is 0 Å². The van der Waals surface area contributed by atoms with Crippen molar-refractivity contribution in [1.29, 1.82) is 0 Å². The normalized spacial score (nSPS) is 11.3. The second-order valence-electron chi connectivity index (χ2n) is 6.51. The van der Waals surface area contributed by atoms with E-state index in [0.717, 1.165) is 25.4 Å². The van der Waals surface area contributed by atoms with Crippen LogP contribution < -0.4 is 0 Å². The van der Waals surface area contributed by atoms with Gasteiger partial charge in [-0.15, -0.1) is 0 Å². The molecule has 0 fully saturated rings. The smallest absolute Gasteiger partial charge is 0.0541 e. The van der Waals surface area contributed by atoms with Gasteiger partial charge in [-0.05, 0) is 52.9 Å². The highest BCUT2D eigenvalue weighted by Crippen LogP contribution is 2.38. The van der Waals surface area contributed by atoms with Crippen LogP contribution in [-0.4, -0.2) is 4.57 Å². The molecule has 5 rings (SSSR count). The third-order valence-electron chi connectivity index (χ3n) is 4.95. The van der Waals surface area contributed by atoms with Crippen molar-refractivity contribution in [3.8, 4) is 16.8 Å². The Kier molecular flexibility index (Phi) is 4.18. The van der Waals surface area contributed by atoms with Gasteiger partial charge in [-0.1, -0.05) is 72.3 Å². The van der Waals surface area contributed by atoms with E-state index in [4.69, 9.17) is 11.6 Å².